The number of methoxy groups -OCH3 is 1. The molecule has 2 rings (SSSR count). The molecule has 124 valence electrons. The number of carbonyl (C=O) groups is 3. The van der Waals surface area contributed by atoms with Crippen molar-refractivity contribution in [1.29, 1.82) is 0 Å². The summed E-state index contributed by atoms with van der Waals surface area (Å²) in [6, 6.07) is 13.1. The van der Waals surface area contributed by atoms with Crippen LogP contribution in [0, 0.1) is 0 Å². The second-order valence-corrected chi connectivity index (χ2v) is 4.89. The molecule has 0 aliphatic carbocycles. The van der Waals surface area contributed by atoms with Gasteiger partial charge in [-0.25, -0.2) is 0 Å². The molecule has 4 N–H and O–H groups in total. The van der Waals surface area contributed by atoms with Gasteiger partial charge in [0, 0.05) is 23.4 Å². The Morgan fingerprint density at radius 2 is 1.67 bits per heavy atom. The van der Waals surface area contributed by atoms with E-state index in [4.69, 9.17) is 10.5 Å². The van der Waals surface area contributed by atoms with Crippen LogP contribution in [0.4, 0.5) is 5.69 Å². The zero-order valence-electron chi connectivity index (χ0n) is 13.0. The van der Waals surface area contributed by atoms with E-state index in [1.165, 1.54) is 31.4 Å². The number of hydrogen-bond acceptors (Lipinski definition) is 4. The van der Waals surface area contributed by atoms with Crippen LogP contribution in [0.2, 0.25) is 0 Å². The lowest BCUT2D eigenvalue weighted by Crippen LogP contribution is -2.35. The Hall–Kier alpha value is -3.35. The third-order valence-corrected chi connectivity index (χ3v) is 3.27. The topological polar surface area (TPSA) is 111 Å². The maximum atomic E-state index is 11.9. The summed E-state index contributed by atoms with van der Waals surface area (Å²) in [5.74, 6) is -1.53. The predicted molar refractivity (Wildman–Crippen MR) is 88.4 cm³/mol. The van der Waals surface area contributed by atoms with E-state index < -0.39 is 17.7 Å². The molecule has 3 amide bonds. The van der Waals surface area contributed by atoms with Crippen LogP contribution in [0.25, 0.3) is 0 Å². The number of amides is 3. The number of benzene rings is 2. The quantitative estimate of drug-likeness (QED) is 0.713. The molecule has 0 unspecified atom stereocenters. The summed E-state index contributed by atoms with van der Waals surface area (Å²) in [4.78, 5) is 34.7. The normalized spacial score (nSPS) is 9.88. The molecule has 0 fully saturated rings. The Labute approximate surface area is 138 Å². The van der Waals surface area contributed by atoms with Crippen LogP contribution in [0.15, 0.2) is 48.5 Å². The molecule has 0 aliphatic rings. The summed E-state index contributed by atoms with van der Waals surface area (Å²) in [5.41, 5.74) is 6.59. The molecular weight excluding hydrogens is 310 g/mol. The van der Waals surface area contributed by atoms with Crippen molar-refractivity contribution < 1.29 is 19.1 Å². The highest BCUT2D eigenvalue weighted by molar-refractivity contribution is 6.39. The van der Waals surface area contributed by atoms with Gasteiger partial charge >= 0.3 is 11.8 Å². The Bertz CT molecular complexity index is 757. The number of rotatable bonds is 5. The highest BCUT2D eigenvalue weighted by Gasteiger charge is 2.14. The van der Waals surface area contributed by atoms with Crippen LogP contribution < -0.4 is 21.1 Å². The van der Waals surface area contributed by atoms with Gasteiger partial charge in [-0.05, 0) is 30.3 Å². The fourth-order valence-corrected chi connectivity index (χ4v) is 2.01. The van der Waals surface area contributed by atoms with Gasteiger partial charge in [-0.3, -0.25) is 14.4 Å². The van der Waals surface area contributed by atoms with Crippen molar-refractivity contribution in [2.75, 3.05) is 12.4 Å². The summed E-state index contributed by atoms with van der Waals surface area (Å²) in [6.45, 7) is 0.164. The van der Waals surface area contributed by atoms with Crippen molar-refractivity contribution in [3.05, 3.63) is 59.7 Å². The fourth-order valence-electron chi connectivity index (χ4n) is 2.01. The van der Waals surface area contributed by atoms with Gasteiger partial charge in [-0.1, -0.05) is 18.2 Å². The first-order valence-electron chi connectivity index (χ1n) is 7.12. The van der Waals surface area contributed by atoms with Crippen molar-refractivity contribution in [2.45, 2.75) is 6.54 Å². The molecule has 0 saturated carbocycles. The molecule has 0 saturated heterocycles. The molecule has 24 heavy (non-hydrogen) atoms. The maximum Gasteiger partial charge on any atom is 0.313 e. The van der Waals surface area contributed by atoms with Gasteiger partial charge in [0.05, 0.1) is 7.11 Å². The lowest BCUT2D eigenvalue weighted by Gasteiger charge is -2.10. The molecule has 0 aromatic heterocycles. The first-order chi connectivity index (χ1) is 11.5. The minimum atomic E-state index is -0.809. The molecule has 0 heterocycles. The van der Waals surface area contributed by atoms with Crippen molar-refractivity contribution in [3.8, 4) is 5.75 Å². The number of hydrogen-bond donors (Lipinski definition) is 3. The molecule has 2 aromatic carbocycles. The number of nitrogens with two attached hydrogens (primary N) is 1. The van der Waals surface area contributed by atoms with Gasteiger partial charge in [-0.15, -0.1) is 0 Å². The largest absolute Gasteiger partial charge is 0.496 e. The van der Waals surface area contributed by atoms with Crippen molar-refractivity contribution in [3.63, 3.8) is 0 Å². The number of nitrogens with one attached hydrogen (secondary N) is 2. The van der Waals surface area contributed by atoms with E-state index in [0.717, 1.165) is 5.56 Å². The lowest BCUT2D eigenvalue weighted by molar-refractivity contribution is -0.136. The summed E-state index contributed by atoms with van der Waals surface area (Å²) in [5, 5.41) is 4.96. The van der Waals surface area contributed by atoms with E-state index in [-0.39, 0.29) is 6.54 Å². The highest BCUT2D eigenvalue weighted by Crippen LogP contribution is 2.16. The predicted octanol–water partition coefficient (Wildman–Crippen LogP) is 1.05. The van der Waals surface area contributed by atoms with E-state index in [1.54, 1.807) is 12.1 Å². The number of ether oxygens (including phenoxy) is 1. The highest BCUT2D eigenvalue weighted by atomic mass is 16.5. The Morgan fingerprint density at radius 1 is 1.00 bits per heavy atom. The van der Waals surface area contributed by atoms with Gasteiger partial charge in [0.2, 0.25) is 5.91 Å². The average Bonchev–Trinajstić information content (AvgIpc) is 2.60. The minimum absolute atomic E-state index is 0.164. The van der Waals surface area contributed by atoms with Crippen molar-refractivity contribution >= 4 is 23.4 Å². The molecule has 0 aliphatic heterocycles. The number of para-hydroxylation sites is 1. The zero-order valence-corrected chi connectivity index (χ0v) is 13.0. The lowest BCUT2D eigenvalue weighted by atomic mass is 10.2. The first kappa shape index (κ1) is 17.0. The number of primary amides is 1. The molecule has 0 atom stereocenters. The van der Waals surface area contributed by atoms with Crippen LogP contribution in [-0.4, -0.2) is 24.8 Å². The Balaban J connectivity index is 1.92. The molecule has 7 heteroatoms. The van der Waals surface area contributed by atoms with Crippen LogP contribution in [-0.2, 0) is 16.1 Å². The van der Waals surface area contributed by atoms with Gasteiger partial charge < -0.3 is 21.1 Å². The molecule has 0 radical (unpaired) electrons. The summed E-state index contributed by atoms with van der Waals surface area (Å²) in [7, 11) is 1.53. The maximum absolute atomic E-state index is 11.9. The van der Waals surface area contributed by atoms with Crippen molar-refractivity contribution in [2.24, 2.45) is 5.73 Å². The van der Waals surface area contributed by atoms with Gasteiger partial charge in [-0.2, -0.15) is 0 Å². The van der Waals surface area contributed by atoms with Gasteiger partial charge in [0.15, 0.2) is 0 Å². The summed E-state index contributed by atoms with van der Waals surface area (Å²) < 4.78 is 5.17. The third-order valence-electron chi connectivity index (χ3n) is 3.27. The van der Waals surface area contributed by atoms with Crippen LogP contribution >= 0.6 is 0 Å². The SMILES string of the molecule is COc1ccccc1CNC(=O)C(=O)Nc1ccc(C(N)=O)cc1. The van der Waals surface area contributed by atoms with Gasteiger partial charge in [0.25, 0.3) is 0 Å². The van der Waals surface area contributed by atoms with Crippen LogP contribution in [0.3, 0.4) is 0 Å². The monoisotopic (exact) mass is 327 g/mol. The third kappa shape index (κ3) is 4.33. The molecule has 7 nitrogen and oxygen atoms in total. The van der Waals surface area contributed by atoms with E-state index in [2.05, 4.69) is 10.6 Å². The van der Waals surface area contributed by atoms with Gasteiger partial charge in [0.1, 0.15) is 5.75 Å². The fraction of sp³-hybridized carbons (Fsp3) is 0.118. The molecule has 0 bridgehead atoms. The first-order valence-corrected chi connectivity index (χ1v) is 7.12. The second kappa shape index (κ2) is 7.77. The van der Waals surface area contributed by atoms with E-state index in [0.29, 0.717) is 17.0 Å². The van der Waals surface area contributed by atoms with E-state index in [1.807, 2.05) is 12.1 Å². The molecule has 2 aromatic rings. The van der Waals surface area contributed by atoms with E-state index >= 15 is 0 Å². The number of carbonyl (C=O) groups excluding carboxylic acids is 3. The summed E-state index contributed by atoms with van der Waals surface area (Å²) >= 11 is 0. The molecular formula is C17H17N3O4. The second-order valence-electron chi connectivity index (χ2n) is 4.89. The average molecular weight is 327 g/mol. The van der Waals surface area contributed by atoms with E-state index in [9.17, 15) is 14.4 Å². The number of anilines is 1. The van der Waals surface area contributed by atoms with Crippen LogP contribution in [0.1, 0.15) is 15.9 Å². The minimum Gasteiger partial charge on any atom is -0.496 e. The Morgan fingerprint density at radius 3 is 2.29 bits per heavy atom. The smallest absolute Gasteiger partial charge is 0.313 e. The zero-order chi connectivity index (χ0) is 17.5. The molecule has 0 spiro atoms. The summed E-state index contributed by atoms with van der Waals surface area (Å²) in [6.07, 6.45) is 0. The standard InChI is InChI=1S/C17H17N3O4/c1-24-14-5-3-2-4-12(14)10-19-16(22)17(23)20-13-8-6-11(7-9-13)15(18)21/h2-9H,10H2,1H3,(H2,18,21)(H,19,22)(H,20,23). The Kier molecular flexibility index (Phi) is 5.51. The van der Waals surface area contributed by atoms with Crippen molar-refractivity contribution in [1.82, 2.24) is 5.32 Å². The van der Waals surface area contributed by atoms with Crippen LogP contribution in [0.5, 0.6) is 5.75 Å².